The molecule has 0 amide bonds. The maximum absolute atomic E-state index is 11.3. The minimum absolute atomic E-state index is 0.0174. The zero-order valence-corrected chi connectivity index (χ0v) is 21.5. The molecule has 4 fully saturated rings. The van der Waals surface area contributed by atoms with Crippen molar-refractivity contribution in [1.29, 1.82) is 5.26 Å². The minimum Gasteiger partial charge on any atom is -0.411 e. The van der Waals surface area contributed by atoms with E-state index in [1.807, 2.05) is 0 Å². The number of aliphatic hydroxyl groups is 1. The van der Waals surface area contributed by atoms with Crippen LogP contribution in [0, 0.1) is 51.8 Å². The Labute approximate surface area is 186 Å². The van der Waals surface area contributed by atoms with Crippen molar-refractivity contribution in [2.24, 2.45) is 40.4 Å². The molecular weight excluding hydrogens is 386 g/mol. The van der Waals surface area contributed by atoms with E-state index in [4.69, 9.17) is 4.43 Å². The number of hydrogen-bond donors (Lipinski definition) is 1. The molecule has 0 aromatic carbocycles. The van der Waals surface area contributed by atoms with Gasteiger partial charge >= 0.3 is 0 Å². The van der Waals surface area contributed by atoms with E-state index in [9.17, 15) is 10.4 Å². The second-order valence-electron chi connectivity index (χ2n) is 13.4. The molecule has 9 atom stereocenters. The van der Waals surface area contributed by atoms with Gasteiger partial charge in [-0.1, -0.05) is 34.6 Å². The third kappa shape index (κ3) is 3.34. The Morgan fingerprint density at radius 1 is 1.00 bits per heavy atom. The van der Waals surface area contributed by atoms with Gasteiger partial charge < -0.3 is 9.53 Å². The Kier molecular flexibility index (Phi) is 5.57. The van der Waals surface area contributed by atoms with Crippen LogP contribution in [0.4, 0.5) is 0 Å². The average Bonchev–Trinajstić information content (AvgIpc) is 2.97. The number of fused-ring (bicyclic) bond motifs is 5. The van der Waals surface area contributed by atoms with Crippen molar-refractivity contribution in [3.8, 4) is 6.07 Å². The lowest BCUT2D eigenvalue weighted by Crippen LogP contribution is -2.58. The van der Waals surface area contributed by atoms with Crippen LogP contribution >= 0.6 is 0 Å². The van der Waals surface area contributed by atoms with Crippen LogP contribution in [0.2, 0.25) is 18.1 Å². The molecule has 1 N–H and O–H groups in total. The van der Waals surface area contributed by atoms with Crippen molar-refractivity contribution in [2.45, 2.75) is 116 Å². The van der Waals surface area contributed by atoms with Crippen LogP contribution in [0.25, 0.3) is 0 Å². The molecule has 0 saturated heterocycles. The normalized spacial score (nSPS) is 49.0. The lowest BCUT2D eigenvalue weighted by molar-refractivity contribution is -0.155. The first-order valence-electron chi connectivity index (χ1n) is 12.6. The highest BCUT2D eigenvalue weighted by atomic mass is 28.4. The topological polar surface area (TPSA) is 53.2 Å². The van der Waals surface area contributed by atoms with Crippen LogP contribution in [0.3, 0.4) is 0 Å². The Hall–Kier alpha value is -0.373. The van der Waals surface area contributed by atoms with Gasteiger partial charge in [-0.15, -0.1) is 0 Å². The van der Waals surface area contributed by atoms with E-state index in [0.717, 1.165) is 37.0 Å². The quantitative estimate of drug-likeness (QED) is 0.506. The van der Waals surface area contributed by atoms with Crippen LogP contribution in [0.1, 0.15) is 86.0 Å². The molecule has 0 heterocycles. The van der Waals surface area contributed by atoms with Crippen LogP contribution in [-0.2, 0) is 4.43 Å². The van der Waals surface area contributed by atoms with Crippen LogP contribution in [-0.4, -0.2) is 25.6 Å². The summed E-state index contributed by atoms with van der Waals surface area (Å²) in [5.74, 6) is 3.13. The van der Waals surface area contributed by atoms with E-state index in [-0.39, 0.29) is 34.0 Å². The highest BCUT2D eigenvalue weighted by Gasteiger charge is 2.61. The summed E-state index contributed by atoms with van der Waals surface area (Å²) in [5, 5.41) is 21.2. The highest BCUT2D eigenvalue weighted by molar-refractivity contribution is 6.74. The molecule has 4 aliphatic rings. The SMILES string of the molecule is CC(C)(C)[Si](C)(C)OC1C[C@@H]2CC[C@@H]3[C@H](CC[C@]4(C)[C@H](C#N)CC[C@@H]34)[C@@]2(C)C[C@@H]1O. The summed E-state index contributed by atoms with van der Waals surface area (Å²) in [5.41, 5.74) is 0.474. The first-order valence-corrected chi connectivity index (χ1v) is 15.5. The Morgan fingerprint density at radius 2 is 1.67 bits per heavy atom. The summed E-state index contributed by atoms with van der Waals surface area (Å²) in [4.78, 5) is 0. The molecule has 0 aliphatic heterocycles. The standard InChI is InChI=1S/C26H45NO2Si/c1-24(2,3)30(6,7)29-23-14-17-8-10-19-20-11-9-18(16-27)25(20,4)13-12-21(19)26(17,5)15-22(23)28/h17-23,28H,8-15H2,1-7H3/t17-,18-,19-,20-,21-,22-,23?,25+,26-/m0/s1. The third-order valence-corrected chi connectivity index (χ3v) is 15.6. The van der Waals surface area contributed by atoms with Gasteiger partial charge in [-0.3, -0.25) is 0 Å². The van der Waals surface area contributed by atoms with E-state index in [1.54, 1.807) is 0 Å². The lowest BCUT2D eigenvalue weighted by Gasteiger charge is -2.62. The number of rotatable bonds is 2. The molecule has 3 nitrogen and oxygen atoms in total. The van der Waals surface area contributed by atoms with Crippen LogP contribution in [0.15, 0.2) is 0 Å². The molecule has 0 bridgehead atoms. The Morgan fingerprint density at radius 3 is 2.30 bits per heavy atom. The van der Waals surface area contributed by atoms with Gasteiger partial charge in [0.15, 0.2) is 8.32 Å². The molecular formula is C26H45NO2Si. The second kappa shape index (κ2) is 7.32. The van der Waals surface area contributed by atoms with E-state index >= 15 is 0 Å². The minimum atomic E-state index is -1.88. The van der Waals surface area contributed by atoms with E-state index in [1.165, 1.54) is 32.1 Å². The fraction of sp³-hybridized carbons (Fsp3) is 0.962. The van der Waals surface area contributed by atoms with E-state index < -0.39 is 8.32 Å². The van der Waals surface area contributed by atoms with Gasteiger partial charge in [0.25, 0.3) is 0 Å². The summed E-state index contributed by atoms with van der Waals surface area (Å²) in [6, 6.07) is 2.66. The summed E-state index contributed by atoms with van der Waals surface area (Å²) in [6.45, 7) is 16.4. The van der Waals surface area contributed by atoms with Crippen molar-refractivity contribution in [2.75, 3.05) is 0 Å². The maximum atomic E-state index is 11.3. The Balaban J connectivity index is 1.53. The largest absolute Gasteiger partial charge is 0.411 e. The van der Waals surface area contributed by atoms with Crippen molar-refractivity contribution >= 4 is 8.32 Å². The average molecular weight is 432 g/mol. The van der Waals surface area contributed by atoms with E-state index in [0.29, 0.717) is 5.92 Å². The smallest absolute Gasteiger partial charge is 0.192 e. The molecule has 1 unspecified atom stereocenters. The Bertz CT molecular complexity index is 709. The first-order chi connectivity index (χ1) is 13.8. The fourth-order valence-corrected chi connectivity index (χ4v) is 9.52. The number of aliphatic hydroxyl groups excluding tert-OH is 1. The van der Waals surface area contributed by atoms with Crippen LogP contribution in [0.5, 0.6) is 0 Å². The summed E-state index contributed by atoms with van der Waals surface area (Å²) in [7, 11) is -1.88. The van der Waals surface area contributed by atoms with Gasteiger partial charge in [-0.2, -0.15) is 5.26 Å². The highest BCUT2D eigenvalue weighted by Crippen LogP contribution is 2.67. The van der Waals surface area contributed by atoms with Crippen LogP contribution < -0.4 is 0 Å². The zero-order valence-electron chi connectivity index (χ0n) is 20.5. The van der Waals surface area contributed by atoms with E-state index in [2.05, 4.69) is 53.8 Å². The summed E-state index contributed by atoms with van der Waals surface area (Å²) in [6.07, 6.45) is 9.05. The van der Waals surface area contributed by atoms with Crippen molar-refractivity contribution in [3.05, 3.63) is 0 Å². The molecule has 0 spiro atoms. The third-order valence-electron chi connectivity index (χ3n) is 11.1. The number of nitriles is 1. The van der Waals surface area contributed by atoms with Gasteiger partial charge in [0, 0.05) is 0 Å². The molecule has 4 heteroatoms. The summed E-state index contributed by atoms with van der Waals surface area (Å²) < 4.78 is 6.75. The van der Waals surface area contributed by atoms with Gasteiger partial charge in [-0.25, -0.2) is 0 Å². The first kappa shape index (κ1) is 22.8. The van der Waals surface area contributed by atoms with Gasteiger partial charge in [0.1, 0.15) is 0 Å². The van der Waals surface area contributed by atoms with Gasteiger partial charge in [-0.05, 0) is 104 Å². The lowest BCUT2D eigenvalue weighted by atomic mass is 9.44. The number of nitrogens with zero attached hydrogens (tertiary/aromatic N) is 1. The molecule has 4 aliphatic carbocycles. The molecule has 0 radical (unpaired) electrons. The van der Waals surface area contributed by atoms with Gasteiger partial charge in [0.2, 0.25) is 0 Å². The van der Waals surface area contributed by atoms with Crippen molar-refractivity contribution < 1.29 is 9.53 Å². The maximum Gasteiger partial charge on any atom is 0.192 e. The predicted molar refractivity (Wildman–Crippen MR) is 124 cm³/mol. The fourth-order valence-electron chi connectivity index (χ4n) is 8.15. The monoisotopic (exact) mass is 431 g/mol. The molecule has 4 saturated carbocycles. The predicted octanol–water partition coefficient (Wildman–Crippen LogP) is 6.53. The second-order valence-corrected chi connectivity index (χ2v) is 18.1. The molecule has 0 aromatic heterocycles. The number of hydrogen-bond acceptors (Lipinski definition) is 3. The summed E-state index contributed by atoms with van der Waals surface area (Å²) >= 11 is 0. The molecule has 0 aromatic rings. The van der Waals surface area contributed by atoms with Gasteiger partial charge in [0.05, 0.1) is 24.2 Å². The molecule has 4 rings (SSSR count). The molecule has 30 heavy (non-hydrogen) atoms. The molecule has 170 valence electrons. The zero-order chi connectivity index (χ0) is 22.1. The van der Waals surface area contributed by atoms with Crippen molar-refractivity contribution in [1.82, 2.24) is 0 Å². The van der Waals surface area contributed by atoms with Crippen molar-refractivity contribution in [3.63, 3.8) is 0 Å².